The zero-order valence-electron chi connectivity index (χ0n) is 11.6. The molecule has 1 aliphatic heterocycles. The number of hydrogen-bond donors (Lipinski definition) is 1. The maximum Gasteiger partial charge on any atom is 0.230 e. The first-order valence-corrected chi connectivity index (χ1v) is 7.72. The molecule has 1 atom stereocenters. The highest BCUT2D eigenvalue weighted by Gasteiger charge is 2.16. The average Bonchev–Trinajstić information content (AvgIpc) is 2.88. The van der Waals surface area contributed by atoms with Crippen molar-refractivity contribution in [1.29, 1.82) is 0 Å². The molecule has 1 heterocycles. The third-order valence-electron chi connectivity index (χ3n) is 3.24. The summed E-state index contributed by atoms with van der Waals surface area (Å²) in [6, 6.07) is 6.31. The standard InChI is InChI=1S/C15H21NO2S/c1-11-5-6-14(12(2)8-11)19-10-15(17)16-9-13-4-3-7-18-13/h5-6,8,13H,3-4,7,9-10H2,1-2H3,(H,16,17)/t13-/m1/s1. The molecular weight excluding hydrogens is 258 g/mol. The maximum absolute atomic E-state index is 11.8. The number of amides is 1. The van der Waals surface area contributed by atoms with E-state index in [0.29, 0.717) is 12.3 Å². The van der Waals surface area contributed by atoms with Crippen LogP contribution in [0.5, 0.6) is 0 Å². The van der Waals surface area contributed by atoms with E-state index in [1.807, 2.05) is 0 Å². The van der Waals surface area contributed by atoms with Gasteiger partial charge in [0.15, 0.2) is 0 Å². The first kappa shape index (κ1) is 14.4. The predicted molar refractivity (Wildman–Crippen MR) is 78.6 cm³/mol. The van der Waals surface area contributed by atoms with E-state index < -0.39 is 0 Å². The fraction of sp³-hybridized carbons (Fsp3) is 0.533. The molecule has 0 aromatic heterocycles. The number of aryl methyl sites for hydroxylation is 2. The lowest BCUT2D eigenvalue weighted by atomic mass is 10.2. The highest BCUT2D eigenvalue weighted by Crippen LogP contribution is 2.22. The van der Waals surface area contributed by atoms with Crippen LogP contribution in [0.15, 0.2) is 23.1 Å². The molecule has 104 valence electrons. The van der Waals surface area contributed by atoms with E-state index in [9.17, 15) is 4.79 Å². The molecule has 2 rings (SSSR count). The molecule has 0 aliphatic carbocycles. The Balaban J connectivity index is 1.73. The molecule has 0 bridgehead atoms. The third-order valence-corrected chi connectivity index (χ3v) is 4.42. The fourth-order valence-electron chi connectivity index (χ4n) is 2.19. The third kappa shape index (κ3) is 4.55. The van der Waals surface area contributed by atoms with Crippen molar-refractivity contribution in [2.45, 2.75) is 37.7 Å². The van der Waals surface area contributed by atoms with Crippen molar-refractivity contribution in [2.24, 2.45) is 0 Å². The van der Waals surface area contributed by atoms with Gasteiger partial charge in [-0.15, -0.1) is 11.8 Å². The van der Waals surface area contributed by atoms with Gasteiger partial charge in [0.05, 0.1) is 11.9 Å². The van der Waals surface area contributed by atoms with Crippen molar-refractivity contribution < 1.29 is 9.53 Å². The van der Waals surface area contributed by atoms with Crippen molar-refractivity contribution in [3.8, 4) is 0 Å². The van der Waals surface area contributed by atoms with E-state index >= 15 is 0 Å². The summed E-state index contributed by atoms with van der Waals surface area (Å²) in [5.41, 5.74) is 2.49. The van der Waals surface area contributed by atoms with E-state index in [4.69, 9.17) is 4.74 Å². The molecule has 0 saturated carbocycles. The molecule has 1 amide bonds. The minimum absolute atomic E-state index is 0.0838. The molecule has 1 aliphatic rings. The van der Waals surface area contributed by atoms with E-state index in [0.717, 1.165) is 19.4 Å². The number of nitrogens with one attached hydrogen (secondary N) is 1. The van der Waals surface area contributed by atoms with Crippen molar-refractivity contribution >= 4 is 17.7 Å². The van der Waals surface area contributed by atoms with Gasteiger partial charge in [-0.25, -0.2) is 0 Å². The lowest BCUT2D eigenvalue weighted by Crippen LogP contribution is -2.32. The topological polar surface area (TPSA) is 38.3 Å². The fourth-order valence-corrected chi connectivity index (χ4v) is 3.03. The van der Waals surface area contributed by atoms with Gasteiger partial charge in [-0.3, -0.25) is 4.79 Å². The zero-order valence-corrected chi connectivity index (χ0v) is 12.4. The lowest BCUT2D eigenvalue weighted by Gasteiger charge is -2.11. The normalized spacial score (nSPS) is 18.5. The lowest BCUT2D eigenvalue weighted by molar-refractivity contribution is -0.119. The summed E-state index contributed by atoms with van der Waals surface area (Å²) in [7, 11) is 0. The number of thioether (sulfide) groups is 1. The summed E-state index contributed by atoms with van der Waals surface area (Å²) >= 11 is 1.59. The van der Waals surface area contributed by atoms with Crippen LogP contribution in [-0.4, -0.2) is 30.9 Å². The molecule has 0 radical (unpaired) electrons. The molecular formula is C15H21NO2S. The van der Waals surface area contributed by atoms with Gasteiger partial charge in [0.25, 0.3) is 0 Å². The SMILES string of the molecule is Cc1ccc(SCC(=O)NC[C@H]2CCCO2)c(C)c1. The smallest absolute Gasteiger partial charge is 0.230 e. The van der Waals surface area contributed by atoms with E-state index in [2.05, 4.69) is 37.4 Å². The Morgan fingerprint density at radius 1 is 1.47 bits per heavy atom. The second kappa shape index (κ2) is 6.96. The highest BCUT2D eigenvalue weighted by atomic mass is 32.2. The summed E-state index contributed by atoms with van der Waals surface area (Å²) in [5.74, 6) is 0.553. The van der Waals surface area contributed by atoms with Crippen LogP contribution in [0.4, 0.5) is 0 Å². The molecule has 3 nitrogen and oxygen atoms in total. The van der Waals surface area contributed by atoms with Crippen LogP contribution in [0.3, 0.4) is 0 Å². The van der Waals surface area contributed by atoms with Crippen LogP contribution in [0.2, 0.25) is 0 Å². The first-order chi connectivity index (χ1) is 9.15. The summed E-state index contributed by atoms with van der Waals surface area (Å²) in [5, 5.41) is 2.94. The molecule has 1 N–H and O–H groups in total. The van der Waals surface area contributed by atoms with Gasteiger partial charge in [0, 0.05) is 18.0 Å². The number of benzene rings is 1. The van der Waals surface area contributed by atoms with Gasteiger partial charge < -0.3 is 10.1 Å². The van der Waals surface area contributed by atoms with Gasteiger partial charge in [-0.1, -0.05) is 17.7 Å². The van der Waals surface area contributed by atoms with Crippen molar-refractivity contribution in [3.05, 3.63) is 29.3 Å². The Kier molecular flexibility index (Phi) is 5.28. The average molecular weight is 279 g/mol. The molecule has 1 aromatic carbocycles. The predicted octanol–water partition coefficient (Wildman–Crippen LogP) is 2.69. The molecule has 0 spiro atoms. The van der Waals surface area contributed by atoms with Crippen LogP contribution in [-0.2, 0) is 9.53 Å². The van der Waals surface area contributed by atoms with Gasteiger partial charge in [0.1, 0.15) is 0 Å². The Bertz CT molecular complexity index is 442. The molecule has 1 aromatic rings. The number of hydrogen-bond acceptors (Lipinski definition) is 3. The number of ether oxygens (including phenoxy) is 1. The molecule has 1 saturated heterocycles. The van der Waals surface area contributed by atoms with Crippen LogP contribution >= 0.6 is 11.8 Å². The Morgan fingerprint density at radius 2 is 2.32 bits per heavy atom. The number of rotatable bonds is 5. The number of carbonyl (C=O) groups is 1. The van der Waals surface area contributed by atoms with Crippen LogP contribution < -0.4 is 5.32 Å². The van der Waals surface area contributed by atoms with E-state index in [-0.39, 0.29) is 12.0 Å². The quantitative estimate of drug-likeness (QED) is 0.842. The molecule has 0 unspecified atom stereocenters. The van der Waals surface area contributed by atoms with E-state index in [1.165, 1.54) is 16.0 Å². The monoisotopic (exact) mass is 279 g/mol. The summed E-state index contributed by atoms with van der Waals surface area (Å²) in [4.78, 5) is 12.9. The minimum Gasteiger partial charge on any atom is -0.376 e. The second-order valence-corrected chi connectivity index (χ2v) is 6.01. The molecule has 19 heavy (non-hydrogen) atoms. The van der Waals surface area contributed by atoms with Crippen LogP contribution in [0, 0.1) is 13.8 Å². The second-order valence-electron chi connectivity index (χ2n) is 5.00. The molecule has 1 fully saturated rings. The minimum atomic E-state index is 0.0838. The van der Waals surface area contributed by atoms with Crippen LogP contribution in [0.1, 0.15) is 24.0 Å². The van der Waals surface area contributed by atoms with Crippen LogP contribution in [0.25, 0.3) is 0 Å². The highest BCUT2D eigenvalue weighted by molar-refractivity contribution is 8.00. The maximum atomic E-state index is 11.8. The first-order valence-electron chi connectivity index (χ1n) is 6.73. The van der Waals surface area contributed by atoms with Gasteiger partial charge in [-0.05, 0) is 38.3 Å². The van der Waals surface area contributed by atoms with Gasteiger partial charge in [-0.2, -0.15) is 0 Å². The zero-order chi connectivity index (χ0) is 13.7. The van der Waals surface area contributed by atoms with Crippen molar-refractivity contribution in [1.82, 2.24) is 5.32 Å². The Hall–Kier alpha value is -1.00. The summed E-state index contributed by atoms with van der Waals surface area (Å²) < 4.78 is 5.48. The van der Waals surface area contributed by atoms with Gasteiger partial charge in [0.2, 0.25) is 5.91 Å². The van der Waals surface area contributed by atoms with Crippen molar-refractivity contribution in [3.63, 3.8) is 0 Å². The summed E-state index contributed by atoms with van der Waals surface area (Å²) in [6.45, 7) is 5.64. The van der Waals surface area contributed by atoms with E-state index in [1.54, 1.807) is 11.8 Å². The largest absolute Gasteiger partial charge is 0.376 e. The summed E-state index contributed by atoms with van der Waals surface area (Å²) in [6.07, 6.45) is 2.39. The number of carbonyl (C=O) groups excluding carboxylic acids is 1. The van der Waals surface area contributed by atoms with Gasteiger partial charge >= 0.3 is 0 Å². The Morgan fingerprint density at radius 3 is 3.00 bits per heavy atom. The molecule has 4 heteroatoms. The Labute approximate surface area is 119 Å². The van der Waals surface area contributed by atoms with Crippen molar-refractivity contribution in [2.75, 3.05) is 18.9 Å².